The lowest BCUT2D eigenvalue weighted by molar-refractivity contribution is -0.130. The molecule has 0 unspecified atom stereocenters. The Morgan fingerprint density at radius 3 is 2.32 bits per heavy atom. The van der Waals surface area contributed by atoms with Crippen molar-refractivity contribution in [2.75, 3.05) is 26.4 Å². The summed E-state index contributed by atoms with van der Waals surface area (Å²) in [4.78, 5) is 21.5. The van der Waals surface area contributed by atoms with E-state index in [1.165, 1.54) is 5.56 Å². The van der Waals surface area contributed by atoms with Gasteiger partial charge in [0.15, 0.2) is 0 Å². The first kappa shape index (κ1) is 23.1. The maximum atomic E-state index is 11.6. The Balaban J connectivity index is 0.000000530. The number of hydrogen-bond acceptors (Lipinski definition) is 4. The lowest BCUT2D eigenvalue weighted by Gasteiger charge is -2.32. The summed E-state index contributed by atoms with van der Waals surface area (Å²) in [6.45, 7) is 10.7. The molecule has 0 atom stereocenters. The summed E-state index contributed by atoms with van der Waals surface area (Å²) < 4.78 is 9.75. The molecular formula is C20H33NO4. The van der Waals surface area contributed by atoms with Crippen LogP contribution in [-0.4, -0.2) is 38.7 Å². The van der Waals surface area contributed by atoms with Gasteiger partial charge in [-0.05, 0) is 25.2 Å². The number of carbonyl (C=O) groups is 2. The number of carbonyl (C=O) groups excluding carboxylic acids is 2. The highest BCUT2D eigenvalue weighted by atomic mass is 16.5. The number of aryl methyl sites for hydroxylation is 1. The van der Waals surface area contributed by atoms with Crippen molar-refractivity contribution in [1.82, 2.24) is 5.32 Å². The molecule has 1 heterocycles. The molecule has 1 fully saturated rings. The van der Waals surface area contributed by atoms with Crippen LogP contribution in [0, 0.1) is 12.3 Å². The summed E-state index contributed by atoms with van der Waals surface area (Å²) in [6, 6.07) is 10.3. The van der Waals surface area contributed by atoms with E-state index in [1.807, 2.05) is 32.0 Å². The van der Waals surface area contributed by atoms with Crippen molar-refractivity contribution in [2.45, 2.75) is 47.0 Å². The summed E-state index contributed by atoms with van der Waals surface area (Å²) >= 11 is 0. The molecule has 1 saturated heterocycles. The first-order chi connectivity index (χ1) is 12.1. The van der Waals surface area contributed by atoms with Crippen LogP contribution < -0.4 is 5.32 Å². The third-order valence-corrected chi connectivity index (χ3v) is 3.84. The molecule has 142 valence electrons. The van der Waals surface area contributed by atoms with E-state index < -0.39 is 0 Å². The Bertz CT molecular complexity index is 456. The number of ether oxygens (including phenoxy) is 2. The molecule has 1 N–H and O–H groups in total. The van der Waals surface area contributed by atoms with Gasteiger partial charge in [0.1, 0.15) is 6.61 Å². The zero-order valence-corrected chi connectivity index (χ0v) is 16.0. The van der Waals surface area contributed by atoms with Gasteiger partial charge in [-0.3, -0.25) is 9.59 Å². The maximum Gasteiger partial charge on any atom is 0.293 e. The van der Waals surface area contributed by atoms with Gasteiger partial charge in [0, 0.05) is 19.6 Å². The number of hydrogen-bond donors (Lipinski definition) is 1. The minimum Gasteiger partial charge on any atom is -0.466 e. The van der Waals surface area contributed by atoms with Gasteiger partial charge in [-0.1, -0.05) is 56.7 Å². The molecule has 1 aromatic rings. The normalized spacial score (nSPS) is 14.7. The lowest BCUT2D eigenvalue weighted by Crippen LogP contribution is -2.35. The first-order valence-corrected chi connectivity index (χ1v) is 8.97. The van der Waals surface area contributed by atoms with Gasteiger partial charge in [-0.15, -0.1) is 0 Å². The summed E-state index contributed by atoms with van der Waals surface area (Å²) in [5.74, 6) is 0.0129. The van der Waals surface area contributed by atoms with E-state index in [0.717, 1.165) is 26.1 Å². The van der Waals surface area contributed by atoms with Gasteiger partial charge in [-0.25, -0.2) is 0 Å². The number of rotatable bonds is 6. The second-order valence-corrected chi connectivity index (χ2v) is 6.07. The van der Waals surface area contributed by atoms with Crippen LogP contribution in [0.4, 0.5) is 0 Å². The van der Waals surface area contributed by atoms with Crippen LogP contribution in [0.3, 0.4) is 0 Å². The number of amides is 1. The van der Waals surface area contributed by atoms with Crippen LogP contribution in [0.5, 0.6) is 0 Å². The Labute approximate surface area is 152 Å². The van der Waals surface area contributed by atoms with E-state index in [4.69, 9.17) is 4.74 Å². The Morgan fingerprint density at radius 1 is 1.24 bits per heavy atom. The molecular weight excluding hydrogens is 318 g/mol. The summed E-state index contributed by atoms with van der Waals surface area (Å²) in [5, 5.41) is 2.73. The zero-order chi connectivity index (χ0) is 19.0. The molecule has 0 saturated carbocycles. The molecule has 1 aromatic carbocycles. The molecule has 0 bridgehead atoms. The van der Waals surface area contributed by atoms with E-state index in [9.17, 15) is 9.59 Å². The second-order valence-electron chi connectivity index (χ2n) is 6.07. The molecule has 0 aromatic heterocycles. The van der Waals surface area contributed by atoms with Crippen LogP contribution in [0.25, 0.3) is 0 Å². The van der Waals surface area contributed by atoms with E-state index in [1.54, 1.807) is 0 Å². The number of benzene rings is 1. The Kier molecular flexibility index (Phi) is 13.4. The Hall–Kier alpha value is -1.88. The van der Waals surface area contributed by atoms with Gasteiger partial charge in [0.25, 0.3) is 6.47 Å². The van der Waals surface area contributed by atoms with E-state index in [0.29, 0.717) is 19.4 Å². The van der Waals surface area contributed by atoms with Crippen LogP contribution in [0.15, 0.2) is 30.3 Å². The molecule has 2 rings (SSSR count). The molecule has 0 radical (unpaired) electrons. The minimum absolute atomic E-state index is 0.0129. The van der Waals surface area contributed by atoms with Crippen molar-refractivity contribution in [3.05, 3.63) is 35.9 Å². The third-order valence-electron chi connectivity index (χ3n) is 3.84. The SMILES string of the molecule is CC.CC1(CC(=O)NCCOC=O)CCOCC1.Cc1ccccc1. The average molecular weight is 351 g/mol. The molecule has 5 heteroatoms. The molecule has 1 aliphatic rings. The monoisotopic (exact) mass is 351 g/mol. The average Bonchev–Trinajstić information content (AvgIpc) is 2.62. The van der Waals surface area contributed by atoms with Crippen molar-refractivity contribution in [3.8, 4) is 0 Å². The lowest BCUT2D eigenvalue weighted by atomic mass is 9.79. The van der Waals surface area contributed by atoms with Crippen LogP contribution in [-0.2, 0) is 19.1 Å². The summed E-state index contributed by atoms with van der Waals surface area (Å²) in [5.41, 5.74) is 1.37. The quantitative estimate of drug-likeness (QED) is 0.629. The van der Waals surface area contributed by atoms with Crippen LogP contribution in [0.1, 0.15) is 45.6 Å². The topological polar surface area (TPSA) is 64.6 Å². The van der Waals surface area contributed by atoms with E-state index >= 15 is 0 Å². The van der Waals surface area contributed by atoms with Crippen molar-refractivity contribution in [2.24, 2.45) is 5.41 Å². The molecule has 25 heavy (non-hydrogen) atoms. The molecule has 5 nitrogen and oxygen atoms in total. The summed E-state index contributed by atoms with van der Waals surface area (Å²) in [7, 11) is 0. The van der Waals surface area contributed by atoms with Crippen molar-refractivity contribution >= 4 is 12.4 Å². The van der Waals surface area contributed by atoms with Crippen LogP contribution >= 0.6 is 0 Å². The molecule has 0 aliphatic carbocycles. The van der Waals surface area contributed by atoms with Crippen LogP contribution in [0.2, 0.25) is 0 Å². The highest BCUT2D eigenvalue weighted by molar-refractivity contribution is 5.76. The molecule has 1 aliphatic heterocycles. The van der Waals surface area contributed by atoms with Gasteiger partial charge < -0.3 is 14.8 Å². The minimum atomic E-state index is 0.0129. The highest BCUT2D eigenvalue weighted by Gasteiger charge is 2.29. The molecule has 0 spiro atoms. The van der Waals surface area contributed by atoms with Crippen molar-refractivity contribution in [1.29, 1.82) is 0 Å². The predicted octanol–water partition coefficient (Wildman–Crippen LogP) is 3.50. The molecule has 1 amide bonds. The zero-order valence-electron chi connectivity index (χ0n) is 16.0. The first-order valence-electron chi connectivity index (χ1n) is 8.97. The van der Waals surface area contributed by atoms with Gasteiger partial charge in [0.05, 0.1) is 6.54 Å². The Morgan fingerprint density at radius 2 is 1.84 bits per heavy atom. The van der Waals surface area contributed by atoms with E-state index in [2.05, 4.69) is 36.0 Å². The largest absolute Gasteiger partial charge is 0.466 e. The number of nitrogens with one attached hydrogen (secondary N) is 1. The summed E-state index contributed by atoms with van der Waals surface area (Å²) in [6.07, 6.45) is 2.36. The standard InChI is InChI=1S/C11H19NO4.C7H8.C2H6/c1-11(2-5-15-6-3-11)8-10(14)12-4-7-16-9-13;1-7-5-3-2-4-6-7;1-2/h9H,2-8H2,1H3,(H,12,14);2-6H,1H3;1-2H3. The maximum absolute atomic E-state index is 11.6. The van der Waals surface area contributed by atoms with Gasteiger partial charge in [0.2, 0.25) is 5.91 Å². The smallest absolute Gasteiger partial charge is 0.293 e. The highest BCUT2D eigenvalue weighted by Crippen LogP contribution is 2.33. The third kappa shape index (κ3) is 12.2. The van der Waals surface area contributed by atoms with Crippen molar-refractivity contribution < 1.29 is 19.1 Å². The van der Waals surface area contributed by atoms with Gasteiger partial charge in [-0.2, -0.15) is 0 Å². The van der Waals surface area contributed by atoms with Gasteiger partial charge >= 0.3 is 0 Å². The fraction of sp³-hybridized carbons (Fsp3) is 0.600. The van der Waals surface area contributed by atoms with E-state index in [-0.39, 0.29) is 17.9 Å². The predicted molar refractivity (Wildman–Crippen MR) is 100 cm³/mol. The fourth-order valence-electron chi connectivity index (χ4n) is 2.32. The van der Waals surface area contributed by atoms with Crippen molar-refractivity contribution in [3.63, 3.8) is 0 Å². The second kappa shape index (κ2) is 14.5. The fourth-order valence-corrected chi connectivity index (χ4v) is 2.32.